The molecule has 2 rings (SSSR count). The molecule has 0 aromatic carbocycles. The minimum Gasteiger partial charge on any atom is -0.328 e. The van der Waals surface area contributed by atoms with Crippen molar-refractivity contribution in [3.8, 4) is 0 Å². The van der Waals surface area contributed by atoms with E-state index in [1.54, 1.807) is 0 Å². The Morgan fingerprint density at radius 3 is 2.71 bits per heavy atom. The van der Waals surface area contributed by atoms with Crippen LogP contribution in [0.1, 0.15) is 13.3 Å². The summed E-state index contributed by atoms with van der Waals surface area (Å²) in [6, 6.07) is 2.56. The summed E-state index contributed by atoms with van der Waals surface area (Å²) in [5, 5.41) is 0. The van der Waals surface area contributed by atoms with Gasteiger partial charge in [-0.2, -0.15) is 4.31 Å². The lowest BCUT2D eigenvalue weighted by Crippen LogP contribution is -2.35. The van der Waals surface area contributed by atoms with E-state index in [0.717, 1.165) is 12.0 Å². The lowest BCUT2D eigenvalue weighted by Gasteiger charge is -2.25. The molecule has 0 amide bonds. The third-order valence-corrected chi connectivity index (χ3v) is 4.53. The number of aromatic amines is 1. The van der Waals surface area contributed by atoms with Crippen molar-refractivity contribution in [1.82, 2.24) is 9.29 Å². The first-order valence-corrected chi connectivity index (χ1v) is 6.79. The van der Waals surface area contributed by atoms with Crippen LogP contribution >= 0.6 is 0 Å². The minimum absolute atomic E-state index is 0.131. The molecule has 1 N–H and O–H groups in total. The molecule has 0 spiro atoms. The van der Waals surface area contributed by atoms with E-state index in [1.807, 2.05) is 13.0 Å². The maximum absolute atomic E-state index is 12.2. The van der Waals surface area contributed by atoms with Gasteiger partial charge in [0.2, 0.25) is 15.6 Å². The van der Waals surface area contributed by atoms with Gasteiger partial charge in [0.05, 0.1) is 4.90 Å². The Labute approximate surface area is 99.8 Å². The molecule has 1 aromatic heterocycles. The van der Waals surface area contributed by atoms with E-state index in [9.17, 15) is 13.2 Å². The van der Waals surface area contributed by atoms with E-state index in [0.29, 0.717) is 13.1 Å². The summed E-state index contributed by atoms with van der Waals surface area (Å²) in [6.07, 6.45) is 4.01. The predicted octanol–water partition coefficient (Wildman–Crippen LogP) is 0.716. The molecule has 1 aliphatic heterocycles. The summed E-state index contributed by atoms with van der Waals surface area (Å²) >= 11 is 0. The molecule has 6 heteroatoms. The molecule has 0 bridgehead atoms. The molecule has 17 heavy (non-hydrogen) atoms. The molecule has 0 fully saturated rings. The highest BCUT2D eigenvalue weighted by Gasteiger charge is 2.25. The first-order valence-electron chi connectivity index (χ1n) is 5.35. The Kier molecular flexibility index (Phi) is 3.17. The van der Waals surface area contributed by atoms with Crippen LogP contribution in [0.25, 0.3) is 0 Å². The van der Waals surface area contributed by atoms with Crippen molar-refractivity contribution in [2.75, 3.05) is 13.1 Å². The SMILES string of the molecule is CC1=CCCN(S(=O)(=O)c2ccc(=O)[nH]c2)C1. The maximum atomic E-state index is 12.2. The second-order valence-electron chi connectivity index (χ2n) is 4.07. The molecular formula is C11H14N2O3S. The maximum Gasteiger partial charge on any atom is 0.247 e. The van der Waals surface area contributed by atoms with Crippen LogP contribution in [0.3, 0.4) is 0 Å². The largest absolute Gasteiger partial charge is 0.328 e. The fourth-order valence-corrected chi connectivity index (χ4v) is 3.25. The predicted molar refractivity (Wildman–Crippen MR) is 64.2 cm³/mol. The van der Waals surface area contributed by atoms with Crippen LogP contribution in [0.5, 0.6) is 0 Å². The van der Waals surface area contributed by atoms with Crippen molar-refractivity contribution in [2.24, 2.45) is 0 Å². The summed E-state index contributed by atoms with van der Waals surface area (Å²) in [7, 11) is -3.49. The molecule has 92 valence electrons. The van der Waals surface area contributed by atoms with E-state index >= 15 is 0 Å². The first kappa shape index (κ1) is 12.1. The summed E-state index contributed by atoms with van der Waals surface area (Å²) < 4.78 is 25.9. The van der Waals surface area contributed by atoms with E-state index < -0.39 is 10.0 Å². The summed E-state index contributed by atoms with van der Waals surface area (Å²) in [5.74, 6) is 0. The van der Waals surface area contributed by atoms with Gasteiger partial charge >= 0.3 is 0 Å². The molecule has 0 aliphatic carbocycles. The topological polar surface area (TPSA) is 70.2 Å². The lowest BCUT2D eigenvalue weighted by molar-refractivity contribution is 0.427. The van der Waals surface area contributed by atoms with Gasteiger partial charge in [-0.25, -0.2) is 8.42 Å². The van der Waals surface area contributed by atoms with Crippen molar-refractivity contribution in [1.29, 1.82) is 0 Å². The van der Waals surface area contributed by atoms with E-state index in [2.05, 4.69) is 4.98 Å². The Balaban J connectivity index is 2.34. The fraction of sp³-hybridized carbons (Fsp3) is 0.364. The average molecular weight is 254 g/mol. The van der Waals surface area contributed by atoms with Crippen molar-refractivity contribution in [2.45, 2.75) is 18.2 Å². The van der Waals surface area contributed by atoms with Crippen LogP contribution in [0, 0.1) is 0 Å². The van der Waals surface area contributed by atoms with E-state index in [4.69, 9.17) is 0 Å². The van der Waals surface area contributed by atoms with Gasteiger partial charge in [-0.15, -0.1) is 0 Å². The van der Waals surface area contributed by atoms with Gasteiger partial charge < -0.3 is 4.98 Å². The lowest BCUT2D eigenvalue weighted by atomic mass is 10.2. The van der Waals surface area contributed by atoms with E-state index in [1.165, 1.54) is 22.6 Å². The second kappa shape index (κ2) is 4.46. The number of nitrogens with zero attached hydrogens (tertiary/aromatic N) is 1. The highest BCUT2D eigenvalue weighted by Crippen LogP contribution is 2.18. The van der Waals surface area contributed by atoms with Crippen molar-refractivity contribution in [3.05, 3.63) is 40.3 Å². The second-order valence-corrected chi connectivity index (χ2v) is 6.00. The number of pyridine rings is 1. The zero-order valence-corrected chi connectivity index (χ0v) is 10.3. The van der Waals surface area contributed by atoms with Crippen LogP contribution in [0.2, 0.25) is 0 Å². The molecule has 1 aromatic rings. The van der Waals surface area contributed by atoms with Crippen LogP contribution in [-0.4, -0.2) is 30.8 Å². The average Bonchev–Trinajstić information content (AvgIpc) is 2.29. The van der Waals surface area contributed by atoms with Gasteiger partial charge in [-0.1, -0.05) is 11.6 Å². The van der Waals surface area contributed by atoms with Gasteiger partial charge in [-0.3, -0.25) is 4.79 Å². The van der Waals surface area contributed by atoms with Crippen LogP contribution in [0.4, 0.5) is 0 Å². The Morgan fingerprint density at radius 2 is 2.12 bits per heavy atom. The first-order chi connectivity index (χ1) is 8.00. The number of H-pyrrole nitrogens is 1. The molecule has 0 radical (unpaired) electrons. The molecule has 5 nitrogen and oxygen atoms in total. The summed E-state index contributed by atoms with van der Waals surface area (Å²) in [6.45, 7) is 2.81. The molecule has 0 unspecified atom stereocenters. The molecule has 1 aliphatic rings. The number of aromatic nitrogens is 1. The third-order valence-electron chi connectivity index (χ3n) is 2.69. The van der Waals surface area contributed by atoms with Crippen molar-refractivity contribution >= 4 is 10.0 Å². The Bertz CT molecular complexity index is 581. The van der Waals surface area contributed by atoms with Crippen LogP contribution < -0.4 is 5.56 Å². The fourth-order valence-electron chi connectivity index (χ4n) is 1.79. The minimum atomic E-state index is -3.49. The smallest absolute Gasteiger partial charge is 0.247 e. The highest BCUT2D eigenvalue weighted by molar-refractivity contribution is 7.89. The van der Waals surface area contributed by atoms with Gasteiger partial charge in [-0.05, 0) is 19.4 Å². The zero-order chi connectivity index (χ0) is 12.5. The normalized spacial score (nSPS) is 17.8. The van der Waals surface area contributed by atoms with Gasteiger partial charge in [0.25, 0.3) is 0 Å². The quantitative estimate of drug-likeness (QED) is 0.790. The Morgan fingerprint density at radius 1 is 1.35 bits per heavy atom. The molecular weight excluding hydrogens is 240 g/mol. The van der Waals surface area contributed by atoms with E-state index in [-0.39, 0.29) is 10.5 Å². The number of hydrogen-bond donors (Lipinski definition) is 1. The highest BCUT2D eigenvalue weighted by atomic mass is 32.2. The standard InChI is InChI=1S/C11H14N2O3S/c1-9-3-2-6-13(8-9)17(15,16)10-4-5-11(14)12-7-10/h3-5,7H,2,6,8H2,1H3,(H,12,14). The van der Waals surface area contributed by atoms with Crippen LogP contribution in [-0.2, 0) is 10.0 Å². The number of sulfonamides is 1. The molecule has 0 saturated carbocycles. The number of hydrogen-bond acceptors (Lipinski definition) is 3. The van der Waals surface area contributed by atoms with Gasteiger partial charge in [0.15, 0.2) is 0 Å². The number of nitrogens with one attached hydrogen (secondary N) is 1. The number of rotatable bonds is 2. The van der Waals surface area contributed by atoms with Gasteiger partial charge in [0.1, 0.15) is 0 Å². The van der Waals surface area contributed by atoms with Crippen molar-refractivity contribution < 1.29 is 8.42 Å². The summed E-state index contributed by atoms with van der Waals surface area (Å²) in [5.41, 5.74) is 0.739. The molecule has 2 heterocycles. The molecule has 0 atom stereocenters. The Hall–Kier alpha value is -1.40. The third kappa shape index (κ3) is 2.48. The summed E-state index contributed by atoms with van der Waals surface area (Å²) in [4.78, 5) is 13.4. The zero-order valence-electron chi connectivity index (χ0n) is 9.51. The van der Waals surface area contributed by atoms with Crippen molar-refractivity contribution in [3.63, 3.8) is 0 Å². The monoisotopic (exact) mass is 254 g/mol. The van der Waals surface area contributed by atoms with Gasteiger partial charge in [0, 0.05) is 25.4 Å². The molecule has 0 saturated heterocycles. The van der Waals surface area contributed by atoms with Crippen LogP contribution in [0.15, 0.2) is 39.7 Å².